The first-order valence-corrected chi connectivity index (χ1v) is 9.95. The molecule has 150 valence electrons. The molecule has 2 amide bonds. The smallest absolute Gasteiger partial charge is 0.244 e. The molecule has 2 N–H and O–H groups in total. The minimum absolute atomic E-state index is 0. The van der Waals surface area contributed by atoms with Crippen molar-refractivity contribution in [1.29, 1.82) is 0 Å². The predicted molar refractivity (Wildman–Crippen MR) is 112 cm³/mol. The predicted octanol–water partition coefficient (Wildman–Crippen LogP) is 3.98. The Morgan fingerprint density at radius 2 is 2.00 bits per heavy atom. The second kappa shape index (κ2) is 9.46. The Bertz CT molecular complexity index is 693. The quantitative estimate of drug-likeness (QED) is 0.712. The van der Waals surface area contributed by atoms with Gasteiger partial charge in [0.2, 0.25) is 11.8 Å². The summed E-state index contributed by atoms with van der Waals surface area (Å²) < 4.78 is 0. The number of piperidine rings is 1. The van der Waals surface area contributed by atoms with Gasteiger partial charge in [-0.15, -0.1) is 12.4 Å². The van der Waals surface area contributed by atoms with Gasteiger partial charge in [0.05, 0.1) is 17.3 Å². The second-order valence-corrected chi connectivity index (χ2v) is 8.14. The molecule has 0 aromatic heterocycles. The molecule has 3 rings (SSSR count). The maximum atomic E-state index is 13.0. The molecule has 1 heterocycles. The number of hydrogen-bond donors (Lipinski definition) is 2. The summed E-state index contributed by atoms with van der Waals surface area (Å²) in [5, 5.41) is 7.03. The summed E-state index contributed by atoms with van der Waals surface area (Å²) in [6.45, 7) is 4.61. The lowest BCUT2D eigenvalue weighted by molar-refractivity contribution is -0.136. The molecule has 1 saturated heterocycles. The van der Waals surface area contributed by atoms with E-state index in [-0.39, 0.29) is 42.1 Å². The molecular formula is C19H26Cl3N3O2. The molecular weight excluding hydrogens is 409 g/mol. The lowest BCUT2D eigenvalue weighted by Crippen LogP contribution is -2.41. The monoisotopic (exact) mass is 433 g/mol. The molecule has 2 fully saturated rings. The van der Waals surface area contributed by atoms with Gasteiger partial charge in [0.15, 0.2) is 0 Å². The van der Waals surface area contributed by atoms with Crippen LogP contribution in [-0.4, -0.2) is 42.9 Å². The standard InChI is InChI=1S/C19H25Cl2N3O2.ClH/c1-2-9-24(18(26)14-11-19(14)5-7-22-8-6-19)12-17(25)23-16-4-3-13(20)10-15(16)21;/h3-4,10,14,22H,2,5-9,11-12H2,1H3,(H,23,25);1H. The number of halogens is 3. The number of carbonyl (C=O) groups is 2. The third-order valence-electron chi connectivity index (χ3n) is 5.43. The van der Waals surface area contributed by atoms with Crippen LogP contribution in [0, 0.1) is 11.3 Å². The molecule has 1 aromatic carbocycles. The van der Waals surface area contributed by atoms with E-state index in [1.165, 1.54) is 0 Å². The van der Waals surface area contributed by atoms with Crippen LogP contribution >= 0.6 is 35.6 Å². The average Bonchev–Trinajstić information content (AvgIpc) is 3.30. The highest BCUT2D eigenvalue weighted by Gasteiger charge is 2.58. The van der Waals surface area contributed by atoms with Gasteiger partial charge in [0.25, 0.3) is 0 Å². The Kier molecular flexibility index (Phi) is 7.81. The Balaban J connectivity index is 0.00000261. The second-order valence-electron chi connectivity index (χ2n) is 7.30. The zero-order valence-corrected chi connectivity index (χ0v) is 17.7. The van der Waals surface area contributed by atoms with Crippen LogP contribution in [0.5, 0.6) is 0 Å². The Hall–Kier alpha value is -1.01. The lowest BCUT2D eigenvalue weighted by atomic mass is 9.91. The van der Waals surface area contributed by atoms with Crippen LogP contribution in [0.25, 0.3) is 0 Å². The van der Waals surface area contributed by atoms with Gasteiger partial charge in [-0.2, -0.15) is 0 Å². The molecule has 1 saturated carbocycles. The van der Waals surface area contributed by atoms with E-state index in [1.807, 2.05) is 6.92 Å². The minimum atomic E-state index is -0.240. The van der Waals surface area contributed by atoms with Crippen molar-refractivity contribution >= 4 is 53.1 Å². The summed E-state index contributed by atoms with van der Waals surface area (Å²) in [4.78, 5) is 27.1. The van der Waals surface area contributed by atoms with Crippen LogP contribution in [0.4, 0.5) is 5.69 Å². The first-order chi connectivity index (χ1) is 12.4. The van der Waals surface area contributed by atoms with Gasteiger partial charge >= 0.3 is 0 Å². The third kappa shape index (κ3) is 5.29. The Labute approximate surface area is 176 Å². The molecule has 1 spiro atoms. The fourth-order valence-corrected chi connectivity index (χ4v) is 4.34. The first-order valence-electron chi connectivity index (χ1n) is 9.19. The van der Waals surface area contributed by atoms with Crippen molar-refractivity contribution < 1.29 is 9.59 Å². The van der Waals surface area contributed by atoms with Crippen LogP contribution in [0.1, 0.15) is 32.6 Å². The van der Waals surface area contributed by atoms with Gasteiger partial charge in [-0.1, -0.05) is 30.1 Å². The SMILES string of the molecule is CCCN(CC(=O)Nc1ccc(Cl)cc1Cl)C(=O)C1CC12CCNCC2.Cl. The number of rotatable bonds is 6. The minimum Gasteiger partial charge on any atom is -0.333 e. The van der Waals surface area contributed by atoms with E-state index in [4.69, 9.17) is 23.2 Å². The van der Waals surface area contributed by atoms with Crippen molar-refractivity contribution in [3.05, 3.63) is 28.2 Å². The molecule has 1 aliphatic heterocycles. The fourth-order valence-electron chi connectivity index (χ4n) is 3.89. The lowest BCUT2D eigenvalue weighted by Gasteiger charge is -2.26. The zero-order valence-electron chi connectivity index (χ0n) is 15.4. The normalized spacial score (nSPS) is 19.9. The largest absolute Gasteiger partial charge is 0.333 e. The summed E-state index contributed by atoms with van der Waals surface area (Å²) in [7, 11) is 0. The number of carbonyl (C=O) groups excluding carboxylic acids is 2. The van der Waals surface area contributed by atoms with Gasteiger partial charge in [-0.3, -0.25) is 9.59 Å². The number of nitrogens with zero attached hydrogens (tertiary/aromatic N) is 1. The van der Waals surface area contributed by atoms with Gasteiger partial charge in [-0.25, -0.2) is 0 Å². The van der Waals surface area contributed by atoms with Crippen LogP contribution in [0.2, 0.25) is 10.0 Å². The fraction of sp³-hybridized carbons (Fsp3) is 0.579. The molecule has 1 aliphatic carbocycles. The average molecular weight is 435 g/mol. The summed E-state index contributed by atoms with van der Waals surface area (Å²) in [5.41, 5.74) is 0.677. The van der Waals surface area contributed by atoms with Crippen molar-refractivity contribution in [1.82, 2.24) is 10.2 Å². The van der Waals surface area contributed by atoms with Gasteiger partial charge < -0.3 is 15.5 Å². The van der Waals surface area contributed by atoms with Crippen molar-refractivity contribution in [2.24, 2.45) is 11.3 Å². The number of amides is 2. The van der Waals surface area contributed by atoms with Crippen molar-refractivity contribution in [2.45, 2.75) is 32.6 Å². The van der Waals surface area contributed by atoms with Crippen molar-refractivity contribution in [3.63, 3.8) is 0 Å². The summed E-state index contributed by atoms with van der Waals surface area (Å²) in [5.74, 6) is -0.0507. The van der Waals surface area contributed by atoms with E-state index in [9.17, 15) is 9.59 Å². The Morgan fingerprint density at radius 1 is 1.30 bits per heavy atom. The topological polar surface area (TPSA) is 61.4 Å². The van der Waals surface area contributed by atoms with Gasteiger partial charge in [-0.05, 0) is 62.4 Å². The molecule has 2 aliphatic rings. The van der Waals surface area contributed by atoms with Gasteiger partial charge in [0.1, 0.15) is 0 Å². The van der Waals surface area contributed by atoms with E-state index >= 15 is 0 Å². The third-order valence-corrected chi connectivity index (χ3v) is 5.98. The van der Waals surface area contributed by atoms with Crippen LogP contribution in [-0.2, 0) is 9.59 Å². The van der Waals surface area contributed by atoms with E-state index in [1.54, 1.807) is 23.1 Å². The first kappa shape index (κ1) is 22.3. The van der Waals surface area contributed by atoms with Gasteiger partial charge in [0, 0.05) is 17.5 Å². The molecule has 0 bridgehead atoms. The summed E-state index contributed by atoms with van der Waals surface area (Å²) in [6.07, 6.45) is 3.88. The number of hydrogen-bond acceptors (Lipinski definition) is 3. The molecule has 0 radical (unpaired) electrons. The van der Waals surface area contributed by atoms with Crippen molar-refractivity contribution in [2.75, 3.05) is 31.5 Å². The molecule has 1 atom stereocenters. The highest BCUT2D eigenvalue weighted by molar-refractivity contribution is 6.36. The highest BCUT2D eigenvalue weighted by Crippen LogP contribution is 2.59. The molecule has 1 aromatic rings. The van der Waals surface area contributed by atoms with Crippen LogP contribution in [0.3, 0.4) is 0 Å². The van der Waals surface area contributed by atoms with E-state index in [0.717, 1.165) is 38.8 Å². The van der Waals surface area contributed by atoms with Crippen LogP contribution < -0.4 is 10.6 Å². The molecule has 1 unspecified atom stereocenters. The number of nitrogens with one attached hydrogen (secondary N) is 2. The Morgan fingerprint density at radius 3 is 2.63 bits per heavy atom. The molecule has 5 nitrogen and oxygen atoms in total. The van der Waals surface area contributed by atoms with Crippen LogP contribution in [0.15, 0.2) is 18.2 Å². The van der Waals surface area contributed by atoms with E-state index in [2.05, 4.69) is 10.6 Å². The summed E-state index contributed by atoms with van der Waals surface area (Å²) in [6, 6.07) is 4.92. The summed E-state index contributed by atoms with van der Waals surface area (Å²) >= 11 is 12.0. The maximum Gasteiger partial charge on any atom is 0.244 e. The van der Waals surface area contributed by atoms with Crippen molar-refractivity contribution in [3.8, 4) is 0 Å². The highest BCUT2D eigenvalue weighted by atomic mass is 35.5. The number of benzene rings is 1. The van der Waals surface area contributed by atoms with E-state index < -0.39 is 0 Å². The molecule has 8 heteroatoms. The number of anilines is 1. The van der Waals surface area contributed by atoms with E-state index in [0.29, 0.717) is 22.3 Å². The molecule has 27 heavy (non-hydrogen) atoms. The zero-order chi connectivity index (χ0) is 18.7. The maximum absolute atomic E-state index is 13.0.